The Bertz CT molecular complexity index is 1080. The summed E-state index contributed by atoms with van der Waals surface area (Å²) in [6, 6.07) is 5.63. The fraction of sp³-hybridized carbons (Fsp3) is 0.391. The molecule has 2 N–H and O–H groups in total. The number of aryl methyl sites for hydroxylation is 1. The third-order valence-electron chi connectivity index (χ3n) is 5.94. The van der Waals surface area contributed by atoms with Gasteiger partial charge in [0.25, 0.3) is 0 Å². The maximum absolute atomic E-state index is 12.4. The van der Waals surface area contributed by atoms with Crippen LogP contribution in [0.25, 0.3) is 22.0 Å². The summed E-state index contributed by atoms with van der Waals surface area (Å²) in [5.74, 6) is -0.804. The number of aromatic nitrogens is 2. The zero-order valence-corrected chi connectivity index (χ0v) is 17.7. The van der Waals surface area contributed by atoms with Crippen molar-refractivity contribution in [3.63, 3.8) is 0 Å². The summed E-state index contributed by atoms with van der Waals surface area (Å²) < 4.78 is 1.95. The van der Waals surface area contributed by atoms with Crippen molar-refractivity contribution in [1.82, 2.24) is 19.4 Å². The molecule has 7 nitrogen and oxygen atoms in total. The number of aromatic hydroxyl groups is 1. The summed E-state index contributed by atoms with van der Waals surface area (Å²) in [4.78, 5) is 20.7. The molecule has 0 amide bonds. The first-order valence-electron chi connectivity index (χ1n) is 10.2. The van der Waals surface area contributed by atoms with Gasteiger partial charge in [-0.2, -0.15) is 0 Å². The van der Waals surface area contributed by atoms with E-state index in [1.54, 1.807) is 12.4 Å². The predicted octanol–water partition coefficient (Wildman–Crippen LogP) is 3.30. The summed E-state index contributed by atoms with van der Waals surface area (Å²) >= 11 is 0. The molecule has 1 aliphatic rings. The van der Waals surface area contributed by atoms with Crippen molar-refractivity contribution < 1.29 is 15.0 Å². The molecule has 2 aromatic heterocycles. The smallest absolute Gasteiger partial charge is 0.338 e. The van der Waals surface area contributed by atoms with Crippen molar-refractivity contribution in [2.24, 2.45) is 7.05 Å². The Kier molecular flexibility index (Phi) is 5.49. The lowest BCUT2D eigenvalue weighted by Crippen LogP contribution is -2.19. The first-order chi connectivity index (χ1) is 14.4. The standard InChI is InChI=1S/C23H28N4O3/c1-25(2)14-19-21(23(29)30)20-17(13-27-10-4-5-11-27)22(28)16(12-18(20)26(19)3)15-6-8-24-9-7-15/h6-9,12,28H,4-5,10-11,13-14H2,1-3H3,(H,29,30). The minimum Gasteiger partial charge on any atom is -0.507 e. The van der Waals surface area contributed by atoms with Gasteiger partial charge in [-0.1, -0.05) is 0 Å². The molecule has 0 aliphatic carbocycles. The molecule has 1 fully saturated rings. The van der Waals surface area contributed by atoms with Crippen molar-refractivity contribution in [2.75, 3.05) is 27.2 Å². The Hall–Kier alpha value is -2.90. The van der Waals surface area contributed by atoms with Gasteiger partial charge in [0, 0.05) is 54.7 Å². The van der Waals surface area contributed by atoms with Gasteiger partial charge in [-0.25, -0.2) is 4.79 Å². The largest absolute Gasteiger partial charge is 0.507 e. The number of carbonyl (C=O) groups is 1. The third kappa shape index (κ3) is 3.55. The van der Waals surface area contributed by atoms with Crippen molar-refractivity contribution in [1.29, 1.82) is 0 Å². The van der Waals surface area contributed by atoms with E-state index < -0.39 is 5.97 Å². The van der Waals surface area contributed by atoms with E-state index in [2.05, 4.69) is 9.88 Å². The number of pyridine rings is 1. The molecule has 1 aliphatic heterocycles. The Labute approximate surface area is 176 Å². The van der Waals surface area contributed by atoms with E-state index in [4.69, 9.17) is 0 Å². The summed E-state index contributed by atoms with van der Waals surface area (Å²) in [6.07, 6.45) is 5.65. The summed E-state index contributed by atoms with van der Waals surface area (Å²) in [5, 5.41) is 22.1. The van der Waals surface area contributed by atoms with E-state index in [0.717, 1.165) is 42.7 Å². The normalized spacial score (nSPS) is 14.8. The molecule has 0 unspecified atom stereocenters. The first kappa shape index (κ1) is 20.4. The topological polar surface area (TPSA) is 81.8 Å². The summed E-state index contributed by atoms with van der Waals surface area (Å²) in [5.41, 5.74) is 4.10. The Balaban J connectivity index is 2.04. The number of benzene rings is 1. The van der Waals surface area contributed by atoms with Crippen LogP contribution in [0, 0.1) is 0 Å². The lowest BCUT2D eigenvalue weighted by molar-refractivity contribution is 0.0696. The van der Waals surface area contributed by atoms with E-state index in [9.17, 15) is 15.0 Å². The monoisotopic (exact) mass is 408 g/mol. The molecule has 30 heavy (non-hydrogen) atoms. The van der Waals surface area contributed by atoms with Crippen LogP contribution in [0.1, 0.15) is 34.5 Å². The first-order valence-corrected chi connectivity index (χ1v) is 10.2. The second kappa shape index (κ2) is 8.08. The molecule has 1 aromatic carbocycles. The molecular weight excluding hydrogens is 380 g/mol. The van der Waals surface area contributed by atoms with Crippen molar-refractivity contribution >= 4 is 16.9 Å². The van der Waals surface area contributed by atoms with Crippen molar-refractivity contribution in [2.45, 2.75) is 25.9 Å². The lowest BCUT2D eigenvalue weighted by atomic mass is 9.96. The number of phenolic OH excluding ortho intramolecular Hbond substituents is 1. The van der Waals surface area contributed by atoms with E-state index in [-0.39, 0.29) is 11.3 Å². The van der Waals surface area contributed by atoms with Gasteiger partial charge in [0.05, 0.1) is 11.1 Å². The van der Waals surface area contributed by atoms with Gasteiger partial charge in [0.2, 0.25) is 0 Å². The molecule has 7 heteroatoms. The number of rotatable bonds is 6. The molecule has 0 saturated carbocycles. The van der Waals surface area contributed by atoms with Crippen LogP contribution in [0.4, 0.5) is 0 Å². The van der Waals surface area contributed by atoms with E-state index in [1.165, 1.54) is 0 Å². The van der Waals surface area contributed by atoms with Gasteiger partial charge < -0.3 is 19.7 Å². The van der Waals surface area contributed by atoms with Crippen LogP contribution in [0.3, 0.4) is 0 Å². The van der Waals surface area contributed by atoms with Crippen LogP contribution < -0.4 is 0 Å². The maximum Gasteiger partial charge on any atom is 0.338 e. The van der Waals surface area contributed by atoms with Gasteiger partial charge in [-0.3, -0.25) is 9.88 Å². The number of fused-ring (bicyclic) bond motifs is 1. The van der Waals surface area contributed by atoms with Crippen LogP contribution in [-0.4, -0.2) is 62.7 Å². The van der Waals surface area contributed by atoms with Crippen LogP contribution >= 0.6 is 0 Å². The number of aromatic carboxylic acids is 1. The van der Waals surface area contributed by atoms with Crippen LogP contribution in [-0.2, 0) is 20.1 Å². The lowest BCUT2D eigenvalue weighted by Gasteiger charge is -2.19. The molecule has 4 rings (SSSR count). The number of likely N-dealkylation sites (tertiary alicyclic amines) is 1. The Morgan fingerprint density at radius 3 is 2.47 bits per heavy atom. The van der Waals surface area contributed by atoms with Gasteiger partial charge in [0.1, 0.15) is 5.75 Å². The van der Waals surface area contributed by atoms with E-state index >= 15 is 0 Å². The maximum atomic E-state index is 12.4. The summed E-state index contributed by atoms with van der Waals surface area (Å²) in [7, 11) is 5.75. The zero-order valence-electron chi connectivity index (χ0n) is 17.7. The molecule has 0 radical (unpaired) electrons. The molecule has 0 atom stereocenters. The predicted molar refractivity (Wildman–Crippen MR) is 117 cm³/mol. The Morgan fingerprint density at radius 1 is 1.20 bits per heavy atom. The average molecular weight is 409 g/mol. The number of hydrogen-bond donors (Lipinski definition) is 2. The van der Waals surface area contributed by atoms with E-state index in [0.29, 0.717) is 29.6 Å². The highest BCUT2D eigenvalue weighted by Crippen LogP contribution is 2.42. The third-order valence-corrected chi connectivity index (χ3v) is 5.94. The average Bonchev–Trinajstić information content (AvgIpc) is 3.31. The number of carboxylic acids is 1. The molecule has 0 spiro atoms. The number of carboxylic acid groups (broad SMARTS) is 1. The minimum absolute atomic E-state index is 0.158. The fourth-order valence-corrected chi connectivity index (χ4v) is 4.50. The number of phenols is 1. The summed E-state index contributed by atoms with van der Waals surface area (Å²) in [6.45, 7) is 2.95. The van der Waals surface area contributed by atoms with Crippen molar-refractivity contribution in [3.05, 3.63) is 47.4 Å². The quantitative estimate of drug-likeness (QED) is 0.651. The molecule has 3 heterocycles. The fourth-order valence-electron chi connectivity index (χ4n) is 4.50. The zero-order chi connectivity index (χ0) is 21.4. The van der Waals surface area contributed by atoms with Gasteiger partial charge in [0.15, 0.2) is 0 Å². The second-order valence-corrected chi connectivity index (χ2v) is 8.29. The van der Waals surface area contributed by atoms with Gasteiger partial charge >= 0.3 is 5.97 Å². The van der Waals surface area contributed by atoms with E-state index in [1.807, 2.05) is 48.8 Å². The number of nitrogens with zero attached hydrogens (tertiary/aromatic N) is 4. The van der Waals surface area contributed by atoms with Crippen LogP contribution in [0.5, 0.6) is 5.75 Å². The van der Waals surface area contributed by atoms with Crippen LogP contribution in [0.2, 0.25) is 0 Å². The molecule has 3 aromatic rings. The minimum atomic E-state index is -0.962. The Morgan fingerprint density at radius 2 is 1.87 bits per heavy atom. The van der Waals surface area contributed by atoms with Gasteiger partial charge in [-0.05, 0) is 63.8 Å². The highest BCUT2D eigenvalue weighted by molar-refractivity contribution is 6.08. The number of hydrogen-bond acceptors (Lipinski definition) is 5. The molecule has 158 valence electrons. The highest BCUT2D eigenvalue weighted by atomic mass is 16.4. The molecular formula is C23H28N4O3. The second-order valence-electron chi connectivity index (χ2n) is 8.29. The SMILES string of the molecule is CN(C)Cc1c(C(=O)O)c2c(CN3CCCC3)c(O)c(-c3ccncc3)cc2n1C. The van der Waals surface area contributed by atoms with Gasteiger partial charge in [-0.15, -0.1) is 0 Å². The van der Waals surface area contributed by atoms with Crippen LogP contribution in [0.15, 0.2) is 30.6 Å². The van der Waals surface area contributed by atoms with Crippen molar-refractivity contribution in [3.8, 4) is 16.9 Å². The highest BCUT2D eigenvalue weighted by Gasteiger charge is 2.28. The molecule has 0 bridgehead atoms. The molecule has 1 saturated heterocycles.